The molecule has 0 aliphatic rings. The molecule has 1 aromatic carbocycles. The Labute approximate surface area is 123 Å². The van der Waals surface area contributed by atoms with E-state index >= 15 is 0 Å². The Kier molecular flexibility index (Phi) is 9.47. The fraction of sp³-hybridized carbons (Fsp3) is 0.571. The van der Waals surface area contributed by atoms with Crippen molar-refractivity contribution in [3.8, 4) is 0 Å². The van der Waals surface area contributed by atoms with Crippen LogP contribution in [-0.2, 0) is 14.2 Å². The van der Waals surface area contributed by atoms with Gasteiger partial charge in [0.05, 0.1) is 19.3 Å². The molecule has 0 fully saturated rings. The Morgan fingerprint density at radius 2 is 1.83 bits per heavy atom. The lowest BCUT2D eigenvalue weighted by Crippen LogP contribution is -2.11. The molecular weight excluding hydrogens is 343 g/mol. The van der Waals surface area contributed by atoms with Gasteiger partial charge in [-0.05, 0) is 12.0 Å². The van der Waals surface area contributed by atoms with Crippen LogP contribution in [0.15, 0.2) is 30.3 Å². The van der Waals surface area contributed by atoms with Crippen LogP contribution in [0.2, 0.25) is 0 Å². The summed E-state index contributed by atoms with van der Waals surface area (Å²) in [5.74, 6) is 0. The topological polar surface area (TPSA) is 27.7 Å². The number of alkyl halides is 1. The molecule has 0 heterocycles. The van der Waals surface area contributed by atoms with Crippen molar-refractivity contribution in [2.45, 2.75) is 12.5 Å². The van der Waals surface area contributed by atoms with Gasteiger partial charge in [-0.2, -0.15) is 0 Å². The highest BCUT2D eigenvalue weighted by Crippen LogP contribution is 2.19. The second kappa shape index (κ2) is 10.7. The number of halogens is 1. The van der Waals surface area contributed by atoms with Crippen LogP contribution in [0.25, 0.3) is 0 Å². The third-order valence-corrected chi connectivity index (χ3v) is 3.30. The molecule has 0 aliphatic carbocycles. The lowest BCUT2D eigenvalue weighted by molar-refractivity contribution is 0.0104. The zero-order chi connectivity index (χ0) is 13.1. The van der Waals surface area contributed by atoms with E-state index in [9.17, 15) is 0 Å². The van der Waals surface area contributed by atoms with Crippen LogP contribution in [0.5, 0.6) is 0 Å². The molecule has 0 aromatic heterocycles. The standard InChI is InChI=1S/C14H21IO3/c1-16-8-5-9-17-10-11-18-14(12-15)13-6-3-2-4-7-13/h2-4,6-7,14H,5,8-12H2,1H3. The Bertz CT molecular complexity index is 292. The molecule has 0 amide bonds. The summed E-state index contributed by atoms with van der Waals surface area (Å²) in [5, 5.41) is 0. The van der Waals surface area contributed by atoms with Crippen molar-refractivity contribution < 1.29 is 14.2 Å². The molecule has 0 spiro atoms. The summed E-state index contributed by atoms with van der Waals surface area (Å²) in [6.07, 6.45) is 1.10. The SMILES string of the molecule is COCCCOCCOC(CI)c1ccccc1. The smallest absolute Gasteiger partial charge is 0.0915 e. The van der Waals surface area contributed by atoms with Crippen LogP contribution in [0, 0.1) is 0 Å². The minimum Gasteiger partial charge on any atom is -0.385 e. The molecule has 102 valence electrons. The Hall–Kier alpha value is -0.170. The zero-order valence-corrected chi connectivity index (χ0v) is 13.0. The van der Waals surface area contributed by atoms with Crippen molar-refractivity contribution in [2.75, 3.05) is 38.0 Å². The first-order chi connectivity index (χ1) is 8.88. The molecule has 0 saturated carbocycles. The number of rotatable bonds is 10. The maximum atomic E-state index is 5.82. The average molecular weight is 364 g/mol. The third kappa shape index (κ3) is 6.68. The summed E-state index contributed by atoms with van der Waals surface area (Å²) in [4.78, 5) is 0. The number of benzene rings is 1. The van der Waals surface area contributed by atoms with Gasteiger partial charge in [0, 0.05) is 24.8 Å². The molecule has 0 bridgehead atoms. The molecule has 4 heteroatoms. The van der Waals surface area contributed by atoms with Gasteiger partial charge in [-0.15, -0.1) is 0 Å². The van der Waals surface area contributed by atoms with Crippen LogP contribution in [0.3, 0.4) is 0 Å². The van der Waals surface area contributed by atoms with E-state index in [1.54, 1.807) is 7.11 Å². The maximum Gasteiger partial charge on any atom is 0.0915 e. The Morgan fingerprint density at radius 1 is 1.06 bits per heavy atom. The summed E-state index contributed by atoms with van der Waals surface area (Å²) in [7, 11) is 1.70. The van der Waals surface area contributed by atoms with Gasteiger partial charge in [-0.1, -0.05) is 52.9 Å². The minimum absolute atomic E-state index is 0.161. The van der Waals surface area contributed by atoms with Crippen molar-refractivity contribution in [3.05, 3.63) is 35.9 Å². The summed E-state index contributed by atoms with van der Waals surface area (Å²) >= 11 is 2.35. The van der Waals surface area contributed by atoms with Gasteiger partial charge in [0.1, 0.15) is 0 Å². The van der Waals surface area contributed by atoms with Gasteiger partial charge < -0.3 is 14.2 Å². The van der Waals surface area contributed by atoms with Crippen LogP contribution >= 0.6 is 22.6 Å². The second-order valence-electron chi connectivity index (χ2n) is 3.88. The van der Waals surface area contributed by atoms with Crippen LogP contribution in [0.4, 0.5) is 0 Å². The number of ether oxygens (including phenoxy) is 3. The first-order valence-electron chi connectivity index (χ1n) is 6.17. The largest absolute Gasteiger partial charge is 0.385 e. The maximum absolute atomic E-state index is 5.82. The molecule has 18 heavy (non-hydrogen) atoms. The number of hydrogen-bond donors (Lipinski definition) is 0. The molecular formula is C14H21IO3. The molecule has 1 atom stereocenters. The minimum atomic E-state index is 0.161. The average Bonchev–Trinajstić information content (AvgIpc) is 2.43. The van der Waals surface area contributed by atoms with Crippen molar-refractivity contribution in [3.63, 3.8) is 0 Å². The predicted octanol–water partition coefficient (Wildman–Crippen LogP) is 3.23. The summed E-state index contributed by atoms with van der Waals surface area (Å²) in [5.41, 5.74) is 1.23. The van der Waals surface area contributed by atoms with Gasteiger partial charge in [-0.25, -0.2) is 0 Å². The first kappa shape index (κ1) is 15.9. The van der Waals surface area contributed by atoms with Gasteiger partial charge in [-0.3, -0.25) is 0 Å². The molecule has 1 unspecified atom stereocenters. The molecule has 3 nitrogen and oxygen atoms in total. The molecule has 0 saturated heterocycles. The number of methoxy groups -OCH3 is 1. The molecule has 0 radical (unpaired) electrons. The van der Waals surface area contributed by atoms with Gasteiger partial charge >= 0.3 is 0 Å². The summed E-state index contributed by atoms with van der Waals surface area (Å²) in [6.45, 7) is 2.76. The number of hydrogen-bond acceptors (Lipinski definition) is 3. The van der Waals surface area contributed by atoms with Gasteiger partial charge in [0.15, 0.2) is 0 Å². The highest BCUT2D eigenvalue weighted by atomic mass is 127. The Morgan fingerprint density at radius 3 is 2.50 bits per heavy atom. The quantitative estimate of drug-likeness (QED) is 0.363. The van der Waals surface area contributed by atoms with Crippen molar-refractivity contribution >= 4 is 22.6 Å². The highest BCUT2D eigenvalue weighted by Gasteiger charge is 2.09. The fourth-order valence-corrected chi connectivity index (χ4v) is 2.32. The lowest BCUT2D eigenvalue weighted by atomic mass is 10.1. The van der Waals surface area contributed by atoms with E-state index in [-0.39, 0.29) is 6.10 Å². The van der Waals surface area contributed by atoms with Gasteiger partial charge in [0.25, 0.3) is 0 Å². The van der Waals surface area contributed by atoms with E-state index in [1.807, 2.05) is 18.2 Å². The monoisotopic (exact) mass is 364 g/mol. The van der Waals surface area contributed by atoms with E-state index < -0.39 is 0 Å². The third-order valence-electron chi connectivity index (χ3n) is 2.50. The molecule has 0 aliphatic heterocycles. The van der Waals surface area contributed by atoms with E-state index in [4.69, 9.17) is 14.2 Å². The second-order valence-corrected chi connectivity index (χ2v) is 4.76. The normalized spacial score (nSPS) is 12.6. The highest BCUT2D eigenvalue weighted by molar-refractivity contribution is 14.1. The van der Waals surface area contributed by atoms with E-state index in [0.717, 1.165) is 24.1 Å². The lowest BCUT2D eigenvalue weighted by Gasteiger charge is -2.15. The van der Waals surface area contributed by atoms with E-state index in [2.05, 4.69) is 34.7 Å². The van der Waals surface area contributed by atoms with Crippen LogP contribution in [0.1, 0.15) is 18.1 Å². The van der Waals surface area contributed by atoms with E-state index in [1.165, 1.54) is 5.56 Å². The Balaban J connectivity index is 2.13. The van der Waals surface area contributed by atoms with Crippen LogP contribution in [-0.4, -0.2) is 38.0 Å². The fourth-order valence-electron chi connectivity index (χ4n) is 1.55. The van der Waals surface area contributed by atoms with Crippen molar-refractivity contribution in [1.82, 2.24) is 0 Å². The summed E-state index contributed by atoms with van der Waals surface area (Å²) in [6, 6.07) is 10.3. The molecule has 0 N–H and O–H groups in total. The van der Waals surface area contributed by atoms with Crippen molar-refractivity contribution in [1.29, 1.82) is 0 Å². The molecule has 1 aromatic rings. The van der Waals surface area contributed by atoms with Gasteiger partial charge in [0.2, 0.25) is 0 Å². The van der Waals surface area contributed by atoms with Crippen LogP contribution < -0.4 is 0 Å². The zero-order valence-electron chi connectivity index (χ0n) is 10.8. The first-order valence-corrected chi connectivity index (χ1v) is 7.70. The predicted molar refractivity (Wildman–Crippen MR) is 81.3 cm³/mol. The van der Waals surface area contributed by atoms with E-state index in [0.29, 0.717) is 13.2 Å². The molecule has 1 rings (SSSR count). The summed E-state index contributed by atoms with van der Waals surface area (Å²) < 4.78 is 17.2. The van der Waals surface area contributed by atoms with Crippen molar-refractivity contribution in [2.24, 2.45) is 0 Å².